The van der Waals surface area contributed by atoms with Crippen molar-refractivity contribution < 1.29 is 17.8 Å². The third kappa shape index (κ3) is 5.01. The van der Waals surface area contributed by atoms with E-state index in [1.54, 1.807) is 18.7 Å². The molecule has 0 unspecified atom stereocenters. The molecule has 0 radical (unpaired) electrons. The van der Waals surface area contributed by atoms with Crippen LogP contribution in [0, 0.1) is 0 Å². The van der Waals surface area contributed by atoms with Crippen molar-refractivity contribution >= 4 is 16.0 Å². The highest BCUT2D eigenvalue weighted by Crippen LogP contribution is 2.12. The Morgan fingerprint density at radius 2 is 1.75 bits per heavy atom. The molecule has 8 heteroatoms. The van der Waals surface area contributed by atoms with E-state index in [0.29, 0.717) is 19.1 Å². The summed E-state index contributed by atoms with van der Waals surface area (Å²) in [6.45, 7) is 10.4. The first kappa shape index (κ1) is 17.4. The number of rotatable bonds is 5. The number of amides is 1. The van der Waals surface area contributed by atoms with Gasteiger partial charge in [-0.1, -0.05) is 0 Å². The van der Waals surface area contributed by atoms with Crippen molar-refractivity contribution in [3.8, 4) is 0 Å². The lowest BCUT2D eigenvalue weighted by Gasteiger charge is -2.40. The van der Waals surface area contributed by atoms with Crippen molar-refractivity contribution in [1.82, 2.24) is 15.1 Å². The lowest BCUT2D eigenvalue weighted by atomic mass is 10.0. The standard InChI is InChI=1S/C12H25N3O4S/c1-10(2)14-5-7-15(8-6-14)11(16)12(3,4)13-9-20(17,18)19/h10,13H,5-9H2,1-4H3,(H,17,18,19). The van der Waals surface area contributed by atoms with Crippen LogP contribution in [-0.4, -0.2) is 72.3 Å². The Morgan fingerprint density at radius 3 is 2.15 bits per heavy atom. The molecular weight excluding hydrogens is 282 g/mol. The maximum absolute atomic E-state index is 12.4. The SMILES string of the molecule is CC(C)N1CCN(C(=O)C(C)(C)NCS(=O)(=O)O)CC1. The third-order valence-corrected chi connectivity index (χ3v) is 4.07. The minimum absolute atomic E-state index is 0.149. The fourth-order valence-electron chi connectivity index (χ4n) is 2.18. The summed E-state index contributed by atoms with van der Waals surface area (Å²) in [7, 11) is -4.13. The first-order valence-electron chi connectivity index (χ1n) is 6.76. The van der Waals surface area contributed by atoms with Gasteiger partial charge in [-0.2, -0.15) is 8.42 Å². The van der Waals surface area contributed by atoms with Gasteiger partial charge in [-0.15, -0.1) is 0 Å². The van der Waals surface area contributed by atoms with Gasteiger partial charge in [0.1, 0.15) is 5.88 Å². The van der Waals surface area contributed by atoms with Crippen LogP contribution in [0.2, 0.25) is 0 Å². The monoisotopic (exact) mass is 307 g/mol. The minimum atomic E-state index is -4.13. The fourth-order valence-corrected chi connectivity index (χ4v) is 2.73. The van der Waals surface area contributed by atoms with Crippen LogP contribution >= 0.6 is 0 Å². The van der Waals surface area contributed by atoms with E-state index >= 15 is 0 Å². The van der Waals surface area contributed by atoms with Gasteiger partial charge in [0.05, 0.1) is 5.54 Å². The number of hydrogen-bond donors (Lipinski definition) is 2. The Balaban J connectivity index is 2.57. The topological polar surface area (TPSA) is 90.0 Å². The van der Waals surface area contributed by atoms with E-state index in [1.807, 2.05) is 0 Å². The van der Waals surface area contributed by atoms with Gasteiger partial charge in [0, 0.05) is 32.2 Å². The molecule has 0 aromatic heterocycles. The Hall–Kier alpha value is -0.700. The molecule has 1 aliphatic rings. The second-order valence-electron chi connectivity index (χ2n) is 5.95. The molecule has 1 fully saturated rings. The average Bonchev–Trinajstić information content (AvgIpc) is 2.35. The molecule has 0 spiro atoms. The summed E-state index contributed by atoms with van der Waals surface area (Å²) in [5.74, 6) is -0.776. The van der Waals surface area contributed by atoms with E-state index in [2.05, 4.69) is 24.1 Å². The van der Waals surface area contributed by atoms with E-state index in [9.17, 15) is 13.2 Å². The van der Waals surface area contributed by atoms with Crippen LogP contribution in [0.1, 0.15) is 27.7 Å². The van der Waals surface area contributed by atoms with Crippen LogP contribution in [0.15, 0.2) is 0 Å². The third-order valence-electron chi connectivity index (χ3n) is 3.56. The largest absolute Gasteiger partial charge is 0.339 e. The molecule has 7 nitrogen and oxygen atoms in total. The molecule has 0 aromatic carbocycles. The molecule has 0 aromatic rings. The Kier molecular flexibility index (Phi) is 5.54. The minimum Gasteiger partial charge on any atom is -0.339 e. The summed E-state index contributed by atoms with van der Waals surface area (Å²) < 4.78 is 30.3. The molecule has 0 bridgehead atoms. The molecule has 1 heterocycles. The maximum atomic E-state index is 12.4. The van der Waals surface area contributed by atoms with E-state index in [1.165, 1.54) is 0 Å². The molecule has 1 amide bonds. The van der Waals surface area contributed by atoms with Crippen LogP contribution in [0.25, 0.3) is 0 Å². The highest BCUT2D eigenvalue weighted by atomic mass is 32.2. The quantitative estimate of drug-likeness (QED) is 0.681. The molecular formula is C12H25N3O4S. The maximum Gasteiger partial charge on any atom is 0.278 e. The van der Waals surface area contributed by atoms with Gasteiger partial charge in [-0.25, -0.2) is 0 Å². The first-order chi connectivity index (χ1) is 9.03. The van der Waals surface area contributed by atoms with Gasteiger partial charge in [0.2, 0.25) is 5.91 Å². The predicted molar refractivity (Wildman–Crippen MR) is 76.9 cm³/mol. The molecule has 2 N–H and O–H groups in total. The number of carbonyl (C=O) groups is 1. The second kappa shape index (κ2) is 6.38. The van der Waals surface area contributed by atoms with Crippen molar-refractivity contribution in [2.24, 2.45) is 0 Å². The first-order valence-corrected chi connectivity index (χ1v) is 8.37. The van der Waals surface area contributed by atoms with Crippen LogP contribution in [0.5, 0.6) is 0 Å². The molecule has 0 atom stereocenters. The summed E-state index contributed by atoms with van der Waals surface area (Å²) in [6, 6.07) is 0.456. The van der Waals surface area contributed by atoms with Crippen molar-refractivity contribution in [1.29, 1.82) is 0 Å². The van der Waals surface area contributed by atoms with Crippen molar-refractivity contribution in [2.45, 2.75) is 39.3 Å². The zero-order chi connectivity index (χ0) is 15.6. The van der Waals surface area contributed by atoms with E-state index in [4.69, 9.17) is 4.55 Å². The van der Waals surface area contributed by atoms with Crippen LogP contribution in [0.3, 0.4) is 0 Å². The van der Waals surface area contributed by atoms with Crippen LogP contribution in [0.4, 0.5) is 0 Å². The van der Waals surface area contributed by atoms with Gasteiger partial charge >= 0.3 is 0 Å². The van der Waals surface area contributed by atoms with Gasteiger partial charge in [0.25, 0.3) is 10.1 Å². The summed E-state index contributed by atoms with van der Waals surface area (Å²) in [4.78, 5) is 16.4. The molecule has 20 heavy (non-hydrogen) atoms. The van der Waals surface area contributed by atoms with Crippen molar-refractivity contribution in [3.63, 3.8) is 0 Å². The normalized spacial score (nSPS) is 18.6. The lowest BCUT2D eigenvalue weighted by molar-refractivity contribution is -0.139. The summed E-state index contributed by atoms with van der Waals surface area (Å²) in [6.07, 6.45) is 0. The van der Waals surface area contributed by atoms with Crippen LogP contribution < -0.4 is 5.32 Å². The number of nitrogens with zero attached hydrogens (tertiary/aromatic N) is 2. The smallest absolute Gasteiger partial charge is 0.278 e. The van der Waals surface area contributed by atoms with Gasteiger partial charge < -0.3 is 4.90 Å². The zero-order valence-corrected chi connectivity index (χ0v) is 13.4. The molecule has 118 valence electrons. The second-order valence-corrected chi connectivity index (χ2v) is 7.40. The fraction of sp³-hybridized carbons (Fsp3) is 0.917. The summed E-state index contributed by atoms with van der Waals surface area (Å²) >= 11 is 0. The number of nitrogens with one attached hydrogen (secondary N) is 1. The van der Waals surface area contributed by atoms with Crippen LogP contribution in [-0.2, 0) is 14.9 Å². The number of piperazine rings is 1. The average molecular weight is 307 g/mol. The van der Waals surface area contributed by atoms with Crippen molar-refractivity contribution in [3.05, 3.63) is 0 Å². The summed E-state index contributed by atoms with van der Waals surface area (Å²) in [5.41, 5.74) is -1.02. The molecule has 1 rings (SSSR count). The van der Waals surface area contributed by atoms with E-state index in [-0.39, 0.29) is 5.91 Å². The lowest BCUT2D eigenvalue weighted by Crippen LogP contribution is -2.59. The number of carbonyl (C=O) groups excluding carboxylic acids is 1. The van der Waals surface area contributed by atoms with E-state index in [0.717, 1.165) is 13.1 Å². The Morgan fingerprint density at radius 1 is 1.25 bits per heavy atom. The van der Waals surface area contributed by atoms with E-state index < -0.39 is 21.5 Å². The highest BCUT2D eigenvalue weighted by molar-refractivity contribution is 7.85. The predicted octanol–water partition coefficient (Wildman–Crippen LogP) is -0.247. The van der Waals surface area contributed by atoms with Crippen molar-refractivity contribution in [2.75, 3.05) is 32.1 Å². The van der Waals surface area contributed by atoms with Gasteiger partial charge in [-0.05, 0) is 27.7 Å². The Bertz CT molecular complexity index is 440. The molecule has 0 saturated carbocycles. The molecule has 0 aliphatic carbocycles. The zero-order valence-electron chi connectivity index (χ0n) is 12.6. The van der Waals surface area contributed by atoms with Gasteiger partial charge in [0.15, 0.2) is 0 Å². The highest BCUT2D eigenvalue weighted by Gasteiger charge is 2.34. The van der Waals surface area contributed by atoms with Gasteiger partial charge in [-0.3, -0.25) is 19.6 Å². The number of hydrogen-bond acceptors (Lipinski definition) is 5. The molecule has 1 saturated heterocycles. The molecule has 1 aliphatic heterocycles. The summed E-state index contributed by atoms with van der Waals surface area (Å²) in [5, 5.41) is 2.59. The Labute approximate surface area is 121 Å².